The van der Waals surface area contributed by atoms with Crippen molar-refractivity contribution in [3.8, 4) is 5.69 Å². The predicted octanol–water partition coefficient (Wildman–Crippen LogP) is 2.68. The number of carbonyl (C=O) groups excluding carboxylic acids is 1. The van der Waals surface area contributed by atoms with E-state index in [9.17, 15) is 4.79 Å². The lowest BCUT2D eigenvalue weighted by atomic mass is 10.2. The molecule has 3 aromatic rings. The fourth-order valence-corrected chi connectivity index (χ4v) is 2.28. The quantitative estimate of drug-likeness (QED) is 0.793. The maximum absolute atomic E-state index is 12.3. The van der Waals surface area contributed by atoms with Crippen LogP contribution in [-0.2, 0) is 0 Å². The van der Waals surface area contributed by atoms with Crippen molar-refractivity contribution in [2.75, 3.05) is 5.32 Å². The normalized spacial score (nSPS) is 10.3. The topological polar surface area (TPSA) is 72.7 Å². The van der Waals surface area contributed by atoms with Gasteiger partial charge in [-0.05, 0) is 40.2 Å². The van der Waals surface area contributed by atoms with Crippen LogP contribution in [0.5, 0.6) is 0 Å². The first-order valence-electron chi connectivity index (χ1n) is 6.11. The predicted molar refractivity (Wildman–Crippen MR) is 81.2 cm³/mol. The number of halogens is 1. The third-order valence-corrected chi connectivity index (χ3v) is 3.43. The molecule has 7 heteroatoms. The third-order valence-electron chi connectivity index (χ3n) is 2.79. The fourth-order valence-electron chi connectivity index (χ4n) is 1.85. The summed E-state index contributed by atoms with van der Waals surface area (Å²) < 4.78 is 2.23. The van der Waals surface area contributed by atoms with Gasteiger partial charge in [-0.1, -0.05) is 12.1 Å². The van der Waals surface area contributed by atoms with E-state index in [1.165, 1.54) is 6.33 Å². The van der Waals surface area contributed by atoms with Crippen molar-refractivity contribution >= 4 is 27.5 Å². The zero-order valence-corrected chi connectivity index (χ0v) is 12.4. The summed E-state index contributed by atoms with van der Waals surface area (Å²) in [6, 6.07) is 10.9. The van der Waals surface area contributed by atoms with E-state index >= 15 is 0 Å². The Morgan fingerprint density at radius 2 is 2.05 bits per heavy atom. The van der Waals surface area contributed by atoms with Gasteiger partial charge in [0.15, 0.2) is 0 Å². The van der Waals surface area contributed by atoms with Gasteiger partial charge in [-0.25, -0.2) is 14.6 Å². The zero-order chi connectivity index (χ0) is 14.7. The molecule has 2 heterocycles. The first-order valence-corrected chi connectivity index (χ1v) is 6.91. The number of pyridine rings is 1. The van der Waals surface area contributed by atoms with Crippen LogP contribution < -0.4 is 5.32 Å². The van der Waals surface area contributed by atoms with Crippen LogP contribution in [0.2, 0.25) is 0 Å². The van der Waals surface area contributed by atoms with Gasteiger partial charge in [-0.2, -0.15) is 5.10 Å². The number of hydrogen-bond acceptors (Lipinski definition) is 4. The molecule has 1 N–H and O–H groups in total. The molecule has 0 aliphatic heterocycles. The average Bonchev–Trinajstić information content (AvgIpc) is 3.02. The fraction of sp³-hybridized carbons (Fsp3) is 0. The molecule has 0 fully saturated rings. The number of amides is 1. The molecule has 0 radical (unpaired) electrons. The molecule has 3 rings (SSSR count). The van der Waals surface area contributed by atoms with Crippen LogP contribution in [-0.4, -0.2) is 25.7 Å². The molecule has 1 aromatic carbocycles. The second kappa shape index (κ2) is 5.84. The highest BCUT2D eigenvalue weighted by Gasteiger charge is 2.13. The summed E-state index contributed by atoms with van der Waals surface area (Å²) in [5.41, 5.74) is 1.69. The minimum atomic E-state index is -0.296. The highest BCUT2D eigenvalue weighted by Crippen LogP contribution is 2.21. The van der Waals surface area contributed by atoms with Crippen molar-refractivity contribution in [1.29, 1.82) is 0 Å². The van der Waals surface area contributed by atoms with Gasteiger partial charge in [0.25, 0.3) is 5.91 Å². The van der Waals surface area contributed by atoms with Gasteiger partial charge in [0, 0.05) is 10.7 Å². The van der Waals surface area contributed by atoms with Gasteiger partial charge in [0.1, 0.15) is 18.3 Å². The Morgan fingerprint density at radius 3 is 2.81 bits per heavy atom. The molecule has 0 unspecified atom stereocenters. The largest absolute Gasteiger partial charge is 0.319 e. The highest BCUT2D eigenvalue weighted by molar-refractivity contribution is 9.10. The summed E-state index contributed by atoms with van der Waals surface area (Å²) in [4.78, 5) is 20.3. The van der Waals surface area contributed by atoms with Crippen molar-refractivity contribution in [3.63, 3.8) is 0 Å². The molecule has 0 bridgehead atoms. The molecule has 0 aliphatic rings. The summed E-state index contributed by atoms with van der Waals surface area (Å²) >= 11 is 3.32. The molecule has 21 heavy (non-hydrogen) atoms. The number of anilines is 1. The van der Waals surface area contributed by atoms with Crippen LogP contribution in [0.25, 0.3) is 5.69 Å². The molecule has 2 aromatic heterocycles. The van der Waals surface area contributed by atoms with Crippen LogP contribution in [0.15, 0.2) is 59.7 Å². The smallest absolute Gasteiger partial charge is 0.275 e. The van der Waals surface area contributed by atoms with Crippen molar-refractivity contribution in [2.24, 2.45) is 0 Å². The maximum Gasteiger partial charge on any atom is 0.275 e. The van der Waals surface area contributed by atoms with Gasteiger partial charge in [0.2, 0.25) is 0 Å². The molecule has 6 nitrogen and oxygen atoms in total. The molecule has 0 spiro atoms. The lowest BCUT2D eigenvalue weighted by molar-refractivity contribution is 0.102. The molecule has 0 saturated heterocycles. The third kappa shape index (κ3) is 2.82. The van der Waals surface area contributed by atoms with E-state index in [1.54, 1.807) is 35.4 Å². The van der Waals surface area contributed by atoms with Crippen LogP contribution in [0.1, 0.15) is 10.5 Å². The second-order valence-electron chi connectivity index (χ2n) is 4.15. The molecule has 104 valence electrons. The lowest BCUT2D eigenvalue weighted by Crippen LogP contribution is -2.16. The number of carbonyl (C=O) groups is 1. The summed E-state index contributed by atoms with van der Waals surface area (Å²) in [6.45, 7) is 0. The van der Waals surface area contributed by atoms with Crippen LogP contribution in [0.3, 0.4) is 0 Å². The molecule has 0 aliphatic carbocycles. The van der Waals surface area contributed by atoms with Crippen molar-refractivity contribution in [1.82, 2.24) is 19.7 Å². The van der Waals surface area contributed by atoms with Crippen molar-refractivity contribution in [3.05, 3.63) is 65.4 Å². The molecule has 1 amide bonds. The summed E-state index contributed by atoms with van der Waals surface area (Å²) in [5, 5.41) is 6.91. The van der Waals surface area contributed by atoms with E-state index < -0.39 is 0 Å². The molecule has 0 atom stereocenters. The SMILES string of the molecule is O=C(Nc1ccccc1-n1cncn1)c1ncccc1Br. The van der Waals surface area contributed by atoms with E-state index in [-0.39, 0.29) is 5.91 Å². The standard InChI is InChI=1S/C14H10BrN5O/c15-10-4-3-7-17-13(10)14(21)19-11-5-1-2-6-12(11)20-9-16-8-18-20/h1-9H,(H,19,21). The zero-order valence-electron chi connectivity index (χ0n) is 10.8. The van der Waals surface area contributed by atoms with E-state index in [2.05, 4.69) is 36.3 Å². The number of nitrogens with zero attached hydrogens (tertiary/aromatic N) is 4. The minimum absolute atomic E-state index is 0.296. The Kier molecular flexibility index (Phi) is 3.74. The highest BCUT2D eigenvalue weighted by atomic mass is 79.9. The number of hydrogen-bond donors (Lipinski definition) is 1. The summed E-state index contributed by atoms with van der Waals surface area (Å²) in [7, 11) is 0. The number of aromatic nitrogens is 4. The first-order chi connectivity index (χ1) is 10.3. The van der Waals surface area contributed by atoms with Gasteiger partial charge in [-0.3, -0.25) is 4.79 Å². The van der Waals surface area contributed by atoms with E-state index in [0.29, 0.717) is 15.9 Å². The Morgan fingerprint density at radius 1 is 1.19 bits per heavy atom. The molecule has 0 saturated carbocycles. The molecular weight excluding hydrogens is 334 g/mol. The Labute approximate surface area is 129 Å². The Balaban J connectivity index is 1.93. The van der Waals surface area contributed by atoms with Crippen molar-refractivity contribution in [2.45, 2.75) is 0 Å². The van der Waals surface area contributed by atoms with Gasteiger partial charge in [0.05, 0.1) is 11.4 Å². The Hall–Kier alpha value is -2.54. The van der Waals surface area contributed by atoms with E-state index in [4.69, 9.17) is 0 Å². The van der Waals surface area contributed by atoms with Crippen molar-refractivity contribution < 1.29 is 4.79 Å². The summed E-state index contributed by atoms with van der Waals surface area (Å²) in [6.07, 6.45) is 4.58. The van der Waals surface area contributed by atoms with E-state index in [0.717, 1.165) is 5.69 Å². The summed E-state index contributed by atoms with van der Waals surface area (Å²) in [5.74, 6) is -0.296. The van der Waals surface area contributed by atoms with Gasteiger partial charge < -0.3 is 5.32 Å². The van der Waals surface area contributed by atoms with E-state index in [1.807, 2.05) is 18.2 Å². The van der Waals surface area contributed by atoms with Crippen LogP contribution in [0, 0.1) is 0 Å². The minimum Gasteiger partial charge on any atom is -0.319 e. The van der Waals surface area contributed by atoms with Gasteiger partial charge in [-0.15, -0.1) is 0 Å². The second-order valence-corrected chi connectivity index (χ2v) is 5.00. The Bertz CT molecular complexity index is 773. The number of para-hydroxylation sites is 2. The van der Waals surface area contributed by atoms with Crippen LogP contribution >= 0.6 is 15.9 Å². The maximum atomic E-state index is 12.3. The lowest BCUT2D eigenvalue weighted by Gasteiger charge is -2.10. The molecular formula is C14H10BrN5O. The first kappa shape index (κ1) is 13.4. The van der Waals surface area contributed by atoms with Crippen LogP contribution in [0.4, 0.5) is 5.69 Å². The van der Waals surface area contributed by atoms with Gasteiger partial charge >= 0.3 is 0 Å². The number of benzene rings is 1. The monoisotopic (exact) mass is 343 g/mol. The number of rotatable bonds is 3. The average molecular weight is 344 g/mol. The number of nitrogens with one attached hydrogen (secondary N) is 1.